The second-order valence-corrected chi connectivity index (χ2v) is 7.12. The van der Waals surface area contributed by atoms with Crippen LogP contribution in [0.25, 0.3) is 11.1 Å². The number of hydrogen-bond donors (Lipinski definition) is 0. The van der Waals surface area contributed by atoms with Crippen LogP contribution in [0.3, 0.4) is 0 Å². The van der Waals surface area contributed by atoms with Crippen molar-refractivity contribution < 1.29 is 13.9 Å². The molecular formula is C21H23FN2O2. The Hall–Kier alpha value is -2.27. The van der Waals surface area contributed by atoms with Gasteiger partial charge in [-0.05, 0) is 68.0 Å². The molecule has 3 heterocycles. The molecule has 0 N–H and O–H groups in total. The summed E-state index contributed by atoms with van der Waals surface area (Å²) in [5.41, 5.74) is 3.77. The average Bonchev–Trinajstić information content (AvgIpc) is 3.33. The summed E-state index contributed by atoms with van der Waals surface area (Å²) in [6.07, 6.45) is 3.36. The number of rotatable bonds is 3. The highest BCUT2D eigenvalue weighted by Crippen LogP contribution is 2.34. The van der Waals surface area contributed by atoms with E-state index in [1.807, 2.05) is 24.0 Å². The Balaban J connectivity index is 1.63. The summed E-state index contributed by atoms with van der Waals surface area (Å²) in [6, 6.07) is 10.5. The summed E-state index contributed by atoms with van der Waals surface area (Å²) >= 11 is 0. The van der Waals surface area contributed by atoms with Crippen molar-refractivity contribution >= 4 is 5.91 Å². The zero-order valence-corrected chi connectivity index (χ0v) is 15.0. The molecule has 2 aromatic rings. The van der Waals surface area contributed by atoms with Crippen molar-refractivity contribution in [3.05, 3.63) is 53.6 Å². The van der Waals surface area contributed by atoms with Crippen molar-refractivity contribution in [2.24, 2.45) is 0 Å². The van der Waals surface area contributed by atoms with Crippen LogP contribution in [0.4, 0.5) is 4.39 Å². The second kappa shape index (κ2) is 7.16. The molecule has 5 heteroatoms. The zero-order valence-electron chi connectivity index (χ0n) is 15.0. The van der Waals surface area contributed by atoms with E-state index < -0.39 is 0 Å². The lowest BCUT2D eigenvalue weighted by Gasteiger charge is -2.27. The molecule has 2 fully saturated rings. The van der Waals surface area contributed by atoms with Gasteiger partial charge < -0.3 is 9.64 Å². The molecule has 4 rings (SSSR count). The number of ether oxygens (including phenoxy) is 1. The van der Waals surface area contributed by atoms with Crippen LogP contribution in [-0.2, 0) is 9.53 Å². The first-order valence-corrected chi connectivity index (χ1v) is 9.28. The molecule has 2 saturated heterocycles. The van der Waals surface area contributed by atoms with Crippen LogP contribution in [0.1, 0.15) is 43.1 Å². The van der Waals surface area contributed by atoms with Crippen molar-refractivity contribution in [1.82, 2.24) is 9.88 Å². The molecule has 1 aromatic carbocycles. The number of aryl methyl sites for hydroxylation is 1. The molecule has 1 amide bonds. The van der Waals surface area contributed by atoms with E-state index in [4.69, 9.17) is 9.72 Å². The first kappa shape index (κ1) is 17.2. The minimum atomic E-state index is -0.294. The fourth-order valence-corrected chi connectivity index (χ4v) is 3.97. The third-order valence-electron chi connectivity index (χ3n) is 5.23. The Morgan fingerprint density at radius 3 is 2.69 bits per heavy atom. The van der Waals surface area contributed by atoms with Crippen molar-refractivity contribution in [2.75, 3.05) is 13.2 Å². The van der Waals surface area contributed by atoms with Gasteiger partial charge in [0.15, 0.2) is 0 Å². The van der Waals surface area contributed by atoms with E-state index in [9.17, 15) is 9.18 Å². The predicted molar refractivity (Wildman–Crippen MR) is 97.0 cm³/mol. The summed E-state index contributed by atoms with van der Waals surface area (Å²) in [5.74, 6) is -0.152. The van der Waals surface area contributed by atoms with Gasteiger partial charge in [-0.25, -0.2) is 4.39 Å². The van der Waals surface area contributed by atoms with E-state index in [1.165, 1.54) is 12.1 Å². The number of carbonyl (C=O) groups is 1. The summed E-state index contributed by atoms with van der Waals surface area (Å²) in [7, 11) is 0. The molecule has 26 heavy (non-hydrogen) atoms. The molecule has 0 unspecified atom stereocenters. The van der Waals surface area contributed by atoms with Gasteiger partial charge in [0.25, 0.3) is 5.91 Å². The summed E-state index contributed by atoms with van der Waals surface area (Å²) < 4.78 is 18.8. The number of benzene rings is 1. The molecule has 136 valence electrons. The maximum Gasteiger partial charge on any atom is 0.252 e. The van der Waals surface area contributed by atoms with Crippen LogP contribution in [-0.4, -0.2) is 35.0 Å². The number of halogens is 1. The van der Waals surface area contributed by atoms with Gasteiger partial charge in [0.2, 0.25) is 0 Å². The van der Waals surface area contributed by atoms with Crippen molar-refractivity contribution in [1.29, 1.82) is 0 Å². The van der Waals surface area contributed by atoms with Crippen LogP contribution in [0.5, 0.6) is 0 Å². The number of likely N-dealkylation sites (tertiary alicyclic amines) is 1. The van der Waals surface area contributed by atoms with Gasteiger partial charge in [0, 0.05) is 18.8 Å². The maximum absolute atomic E-state index is 13.2. The van der Waals surface area contributed by atoms with Gasteiger partial charge in [-0.3, -0.25) is 9.78 Å². The Morgan fingerprint density at radius 2 is 1.96 bits per heavy atom. The number of aromatic nitrogens is 1. The van der Waals surface area contributed by atoms with Gasteiger partial charge in [0.1, 0.15) is 11.9 Å². The van der Waals surface area contributed by atoms with Crippen LogP contribution in [0.15, 0.2) is 36.4 Å². The van der Waals surface area contributed by atoms with Crippen molar-refractivity contribution in [3.63, 3.8) is 0 Å². The lowest BCUT2D eigenvalue weighted by molar-refractivity contribution is -0.142. The Labute approximate surface area is 153 Å². The lowest BCUT2D eigenvalue weighted by atomic mass is 10.0. The second-order valence-electron chi connectivity index (χ2n) is 7.12. The van der Waals surface area contributed by atoms with E-state index in [-0.39, 0.29) is 23.9 Å². The number of pyridine rings is 1. The average molecular weight is 354 g/mol. The first-order chi connectivity index (χ1) is 12.6. The smallest absolute Gasteiger partial charge is 0.252 e. The molecule has 0 aliphatic carbocycles. The molecule has 0 radical (unpaired) electrons. The van der Waals surface area contributed by atoms with Gasteiger partial charge in [0.05, 0.1) is 11.7 Å². The molecule has 0 saturated carbocycles. The summed E-state index contributed by atoms with van der Waals surface area (Å²) in [5, 5.41) is 0. The lowest BCUT2D eigenvalue weighted by Crippen LogP contribution is -2.38. The van der Waals surface area contributed by atoms with Crippen molar-refractivity contribution in [3.8, 4) is 11.1 Å². The van der Waals surface area contributed by atoms with E-state index in [2.05, 4.69) is 0 Å². The van der Waals surface area contributed by atoms with E-state index in [1.54, 1.807) is 12.1 Å². The fourth-order valence-electron chi connectivity index (χ4n) is 3.97. The van der Waals surface area contributed by atoms with E-state index in [0.717, 1.165) is 54.7 Å². The monoisotopic (exact) mass is 354 g/mol. The third kappa shape index (κ3) is 3.36. The number of carbonyl (C=O) groups excluding carboxylic acids is 1. The standard InChI is InChI=1S/C21H23FN2O2/c1-14-12-16(15-6-8-17(22)9-7-15)13-18(23-14)19-4-2-10-24(19)21(25)20-5-3-11-26-20/h6-9,12-13,19-20H,2-5,10-11H2,1H3/t19-,20+/m0/s1. The van der Waals surface area contributed by atoms with E-state index in [0.29, 0.717) is 6.61 Å². The topological polar surface area (TPSA) is 42.4 Å². The maximum atomic E-state index is 13.2. The van der Waals surface area contributed by atoms with Crippen LogP contribution in [0.2, 0.25) is 0 Å². The highest BCUT2D eigenvalue weighted by atomic mass is 19.1. The Kier molecular flexibility index (Phi) is 4.72. The van der Waals surface area contributed by atoms with Gasteiger partial charge in [-0.1, -0.05) is 12.1 Å². The van der Waals surface area contributed by atoms with Gasteiger partial charge in [-0.2, -0.15) is 0 Å². The summed E-state index contributed by atoms with van der Waals surface area (Å²) in [6.45, 7) is 3.38. The molecule has 2 aliphatic heterocycles. The molecule has 2 aliphatic rings. The Bertz CT molecular complexity index is 800. The fraction of sp³-hybridized carbons (Fsp3) is 0.429. The van der Waals surface area contributed by atoms with Crippen LogP contribution in [0, 0.1) is 12.7 Å². The van der Waals surface area contributed by atoms with Crippen LogP contribution >= 0.6 is 0 Å². The molecule has 0 bridgehead atoms. The minimum absolute atomic E-state index is 0.00852. The number of amides is 1. The Morgan fingerprint density at radius 1 is 1.15 bits per heavy atom. The molecule has 2 atom stereocenters. The largest absolute Gasteiger partial charge is 0.368 e. The molecule has 0 spiro atoms. The van der Waals surface area contributed by atoms with Crippen molar-refractivity contribution in [2.45, 2.75) is 44.8 Å². The van der Waals surface area contributed by atoms with Crippen LogP contribution < -0.4 is 0 Å². The first-order valence-electron chi connectivity index (χ1n) is 9.28. The third-order valence-corrected chi connectivity index (χ3v) is 5.23. The SMILES string of the molecule is Cc1cc(-c2ccc(F)cc2)cc([C@@H]2CCCN2C(=O)[C@H]2CCCO2)n1. The highest BCUT2D eigenvalue weighted by Gasteiger charge is 2.36. The minimum Gasteiger partial charge on any atom is -0.368 e. The number of hydrogen-bond acceptors (Lipinski definition) is 3. The van der Waals surface area contributed by atoms with E-state index >= 15 is 0 Å². The highest BCUT2D eigenvalue weighted by molar-refractivity contribution is 5.82. The normalized spacial score (nSPS) is 22.8. The quantitative estimate of drug-likeness (QED) is 0.835. The predicted octanol–water partition coefficient (Wildman–Crippen LogP) is 4.04. The van der Waals surface area contributed by atoms with Gasteiger partial charge >= 0.3 is 0 Å². The molecular weight excluding hydrogens is 331 g/mol. The summed E-state index contributed by atoms with van der Waals surface area (Å²) in [4.78, 5) is 19.5. The molecule has 4 nitrogen and oxygen atoms in total. The number of nitrogens with zero attached hydrogens (tertiary/aromatic N) is 2. The molecule has 1 aromatic heterocycles. The van der Waals surface area contributed by atoms with Gasteiger partial charge in [-0.15, -0.1) is 0 Å². The zero-order chi connectivity index (χ0) is 18.1.